The number of unbranched alkanes of at least 4 members (excludes halogenated alkanes) is 1. The van der Waals surface area contributed by atoms with Crippen LogP contribution < -0.4 is 9.80 Å². The van der Waals surface area contributed by atoms with Crippen LogP contribution in [0.5, 0.6) is 0 Å². The molecular weight excluding hydrogens is 426 g/mol. The zero-order valence-electron chi connectivity index (χ0n) is 20.2. The van der Waals surface area contributed by atoms with Crippen LogP contribution in [0.3, 0.4) is 0 Å². The second-order valence-electron chi connectivity index (χ2n) is 9.69. The first-order valence-corrected chi connectivity index (χ1v) is 12.8. The molecule has 0 unspecified atom stereocenters. The minimum Gasteiger partial charge on any atom is -0.369 e. The van der Waals surface area contributed by atoms with Crippen LogP contribution in [0.15, 0.2) is 36.4 Å². The maximum atomic E-state index is 13.3. The van der Waals surface area contributed by atoms with Crippen molar-refractivity contribution in [1.82, 2.24) is 14.8 Å². The van der Waals surface area contributed by atoms with Crippen molar-refractivity contribution in [2.75, 3.05) is 62.2 Å². The van der Waals surface area contributed by atoms with Gasteiger partial charge in [0.2, 0.25) is 0 Å². The first-order chi connectivity index (χ1) is 16.6. The molecule has 0 radical (unpaired) electrons. The van der Waals surface area contributed by atoms with E-state index in [0.717, 1.165) is 77.2 Å². The molecule has 2 aromatic rings. The average Bonchev–Trinajstić information content (AvgIpc) is 3.12. The number of hydrogen-bond donors (Lipinski definition) is 0. The Morgan fingerprint density at radius 3 is 2.24 bits per heavy atom. The fourth-order valence-corrected chi connectivity index (χ4v) is 5.42. The van der Waals surface area contributed by atoms with Crippen LogP contribution in [0.2, 0.25) is 0 Å². The number of aromatic nitrogens is 1. The van der Waals surface area contributed by atoms with E-state index in [1.165, 1.54) is 17.0 Å². The van der Waals surface area contributed by atoms with Crippen LogP contribution >= 0.6 is 0 Å². The minimum atomic E-state index is -0.162. The molecule has 3 aliphatic heterocycles. The van der Waals surface area contributed by atoms with Gasteiger partial charge in [0.15, 0.2) is 0 Å². The monoisotopic (exact) mass is 461 g/mol. The number of anilines is 2. The highest BCUT2D eigenvalue weighted by molar-refractivity contribution is 6.23. The summed E-state index contributed by atoms with van der Waals surface area (Å²) in [4.78, 5) is 39.6. The fourth-order valence-electron chi connectivity index (χ4n) is 5.42. The number of aryl methyl sites for hydroxylation is 1. The maximum absolute atomic E-state index is 13.3. The number of piperazine rings is 1. The molecule has 7 nitrogen and oxygen atoms in total. The molecular formula is C27H35N5O2. The molecule has 180 valence electrons. The number of rotatable bonds is 7. The van der Waals surface area contributed by atoms with Crippen LogP contribution in [0.25, 0.3) is 0 Å². The lowest BCUT2D eigenvalue weighted by Gasteiger charge is -2.36. The number of pyridine rings is 1. The molecule has 4 heterocycles. The number of fused-ring (bicyclic) bond motifs is 1. The third-order valence-corrected chi connectivity index (χ3v) is 7.32. The Morgan fingerprint density at radius 1 is 0.794 bits per heavy atom. The number of hydrogen-bond acceptors (Lipinski definition) is 6. The summed E-state index contributed by atoms with van der Waals surface area (Å²) >= 11 is 0. The Bertz CT molecular complexity index is 1030. The summed E-state index contributed by atoms with van der Waals surface area (Å²) in [5.74, 6) is 0.400. The molecule has 7 heteroatoms. The molecule has 0 spiro atoms. The highest BCUT2D eigenvalue weighted by Gasteiger charge is 2.39. The van der Waals surface area contributed by atoms with Gasteiger partial charge in [-0.2, -0.15) is 0 Å². The second kappa shape index (κ2) is 10.1. The van der Waals surface area contributed by atoms with E-state index in [9.17, 15) is 9.59 Å². The zero-order chi connectivity index (χ0) is 23.5. The highest BCUT2D eigenvalue weighted by Crippen LogP contribution is 2.32. The van der Waals surface area contributed by atoms with Crippen molar-refractivity contribution in [3.05, 3.63) is 53.2 Å². The Kier molecular flexibility index (Phi) is 6.81. The standard InChI is InChI=1S/C27H35N5O2/c1-21-20-23-24(25(28-21)31-13-6-3-7-14-31)27(34)32(26(23)33)15-9-8-12-29-16-18-30(19-17-29)22-10-4-2-5-11-22/h2,4-5,10-11,20H,3,6-9,12-19H2,1H3. The van der Waals surface area contributed by atoms with Crippen LogP contribution in [0.1, 0.15) is 58.5 Å². The Morgan fingerprint density at radius 2 is 1.50 bits per heavy atom. The number of carbonyl (C=O) groups is 2. The molecule has 1 aromatic heterocycles. The molecule has 0 N–H and O–H groups in total. The summed E-state index contributed by atoms with van der Waals surface area (Å²) in [5, 5.41) is 0. The maximum Gasteiger partial charge on any atom is 0.265 e. The van der Waals surface area contributed by atoms with Gasteiger partial charge in [-0.05, 0) is 63.8 Å². The number of carbonyl (C=O) groups excluding carboxylic acids is 2. The van der Waals surface area contributed by atoms with Gasteiger partial charge in [-0.15, -0.1) is 0 Å². The predicted octanol–water partition coefficient (Wildman–Crippen LogP) is 3.58. The van der Waals surface area contributed by atoms with Gasteiger partial charge >= 0.3 is 0 Å². The summed E-state index contributed by atoms with van der Waals surface area (Å²) in [6.07, 6.45) is 5.24. The summed E-state index contributed by atoms with van der Waals surface area (Å²) in [7, 11) is 0. The summed E-state index contributed by atoms with van der Waals surface area (Å²) in [6.45, 7) is 9.37. The normalized spacial score (nSPS) is 19.1. The molecule has 5 rings (SSSR count). The molecule has 0 saturated carbocycles. The van der Waals surface area contributed by atoms with Gasteiger partial charge < -0.3 is 9.80 Å². The second-order valence-corrected chi connectivity index (χ2v) is 9.69. The van der Waals surface area contributed by atoms with Crippen LogP contribution in [0, 0.1) is 6.92 Å². The average molecular weight is 462 g/mol. The lowest BCUT2D eigenvalue weighted by Crippen LogP contribution is -2.46. The van der Waals surface area contributed by atoms with Crippen molar-refractivity contribution in [2.24, 2.45) is 0 Å². The first kappa shape index (κ1) is 22.8. The van der Waals surface area contributed by atoms with E-state index in [-0.39, 0.29) is 11.8 Å². The number of amides is 2. The summed E-state index contributed by atoms with van der Waals surface area (Å²) in [6, 6.07) is 12.4. The van der Waals surface area contributed by atoms with E-state index < -0.39 is 0 Å². The number of piperidine rings is 1. The van der Waals surface area contributed by atoms with Gasteiger partial charge in [0.05, 0.1) is 11.1 Å². The van der Waals surface area contributed by atoms with Crippen molar-refractivity contribution < 1.29 is 9.59 Å². The molecule has 0 atom stereocenters. The van der Waals surface area contributed by atoms with Gasteiger partial charge in [0, 0.05) is 57.2 Å². The molecule has 2 fully saturated rings. The number of nitrogens with zero attached hydrogens (tertiary/aromatic N) is 5. The summed E-state index contributed by atoms with van der Waals surface area (Å²) < 4.78 is 0. The smallest absolute Gasteiger partial charge is 0.265 e. The predicted molar refractivity (Wildman–Crippen MR) is 135 cm³/mol. The zero-order valence-corrected chi connectivity index (χ0v) is 20.2. The van der Waals surface area contributed by atoms with Crippen molar-refractivity contribution in [2.45, 2.75) is 39.0 Å². The van der Waals surface area contributed by atoms with E-state index in [1.807, 2.05) is 6.92 Å². The van der Waals surface area contributed by atoms with Gasteiger partial charge in [-0.25, -0.2) is 4.98 Å². The third-order valence-electron chi connectivity index (χ3n) is 7.32. The topological polar surface area (TPSA) is 60.0 Å². The van der Waals surface area contributed by atoms with Gasteiger partial charge in [0.25, 0.3) is 11.8 Å². The number of imide groups is 1. The van der Waals surface area contributed by atoms with Crippen molar-refractivity contribution >= 4 is 23.3 Å². The number of para-hydroxylation sites is 1. The lowest BCUT2D eigenvalue weighted by atomic mass is 10.1. The molecule has 34 heavy (non-hydrogen) atoms. The van der Waals surface area contributed by atoms with Gasteiger partial charge in [-0.1, -0.05) is 18.2 Å². The van der Waals surface area contributed by atoms with E-state index in [4.69, 9.17) is 0 Å². The van der Waals surface area contributed by atoms with Crippen molar-refractivity contribution in [3.8, 4) is 0 Å². The Hall–Kier alpha value is -2.93. The molecule has 0 bridgehead atoms. The molecule has 3 aliphatic rings. The van der Waals surface area contributed by atoms with E-state index >= 15 is 0 Å². The van der Waals surface area contributed by atoms with Gasteiger partial charge in [0.1, 0.15) is 5.82 Å². The lowest BCUT2D eigenvalue weighted by molar-refractivity contribution is 0.0650. The Balaban J connectivity index is 1.14. The number of benzene rings is 1. The van der Waals surface area contributed by atoms with Crippen molar-refractivity contribution in [1.29, 1.82) is 0 Å². The highest BCUT2D eigenvalue weighted by atomic mass is 16.2. The SMILES string of the molecule is Cc1cc2c(c(N3CCCCC3)n1)C(=O)N(CCCCN1CCN(c3ccccc3)CC1)C2=O. The van der Waals surface area contributed by atoms with Gasteiger partial charge in [-0.3, -0.25) is 19.4 Å². The van der Waals surface area contributed by atoms with Crippen LogP contribution in [0.4, 0.5) is 11.5 Å². The molecule has 1 aromatic carbocycles. The van der Waals surface area contributed by atoms with Crippen molar-refractivity contribution in [3.63, 3.8) is 0 Å². The summed E-state index contributed by atoms with van der Waals surface area (Å²) in [5.41, 5.74) is 3.16. The van der Waals surface area contributed by atoms with E-state index in [2.05, 4.69) is 50.0 Å². The largest absolute Gasteiger partial charge is 0.369 e. The fraction of sp³-hybridized carbons (Fsp3) is 0.519. The Labute approximate surface area is 202 Å². The minimum absolute atomic E-state index is 0.153. The third kappa shape index (κ3) is 4.67. The van der Waals surface area contributed by atoms with Crippen LogP contribution in [-0.4, -0.2) is 79.0 Å². The first-order valence-electron chi connectivity index (χ1n) is 12.8. The molecule has 0 aliphatic carbocycles. The molecule has 2 saturated heterocycles. The van der Waals surface area contributed by atoms with Crippen LogP contribution in [-0.2, 0) is 0 Å². The molecule has 2 amide bonds. The van der Waals surface area contributed by atoms with E-state index in [1.54, 1.807) is 6.07 Å². The van der Waals surface area contributed by atoms with E-state index in [0.29, 0.717) is 23.5 Å². The quantitative estimate of drug-likeness (QED) is 0.464.